The van der Waals surface area contributed by atoms with Crippen LogP contribution in [0, 0.1) is 6.92 Å². The molecule has 0 radical (unpaired) electrons. The standard InChI is InChI=1S/C18H24N4O2S.HI/c1-13-7-10-25-17(13)12-21-18(19-3)20-8-9-24-16-6-4-5-15(11-16)22-14(2)23;/h4-7,10-11H,8-9,12H2,1-3H3,(H,22,23)(H2,19,20,21);1H. The normalized spacial score (nSPS) is 10.7. The lowest BCUT2D eigenvalue weighted by Crippen LogP contribution is -2.38. The lowest BCUT2D eigenvalue weighted by atomic mass is 10.3. The van der Waals surface area contributed by atoms with Gasteiger partial charge in [-0.2, -0.15) is 0 Å². The first-order chi connectivity index (χ1) is 12.1. The van der Waals surface area contributed by atoms with Crippen molar-refractivity contribution in [3.63, 3.8) is 0 Å². The minimum atomic E-state index is -0.102. The van der Waals surface area contributed by atoms with E-state index in [0.717, 1.165) is 18.2 Å². The quantitative estimate of drug-likeness (QED) is 0.242. The van der Waals surface area contributed by atoms with E-state index in [9.17, 15) is 4.79 Å². The van der Waals surface area contributed by atoms with Crippen LogP contribution in [0.25, 0.3) is 0 Å². The molecular formula is C18H25IN4O2S. The van der Waals surface area contributed by atoms with Crippen molar-refractivity contribution >= 4 is 52.9 Å². The summed E-state index contributed by atoms with van der Waals surface area (Å²) in [6.07, 6.45) is 0. The van der Waals surface area contributed by atoms with Gasteiger partial charge < -0.3 is 20.7 Å². The Morgan fingerprint density at radius 2 is 2.08 bits per heavy atom. The van der Waals surface area contributed by atoms with Gasteiger partial charge in [-0.1, -0.05) is 6.07 Å². The fraction of sp³-hybridized carbons (Fsp3) is 0.333. The van der Waals surface area contributed by atoms with Crippen LogP contribution in [0.3, 0.4) is 0 Å². The number of anilines is 1. The number of carbonyl (C=O) groups is 1. The number of hydrogen-bond acceptors (Lipinski definition) is 4. The van der Waals surface area contributed by atoms with E-state index < -0.39 is 0 Å². The lowest BCUT2D eigenvalue weighted by Gasteiger charge is -2.13. The van der Waals surface area contributed by atoms with Gasteiger partial charge in [0, 0.05) is 30.6 Å². The van der Waals surface area contributed by atoms with Gasteiger partial charge in [-0.25, -0.2) is 0 Å². The summed E-state index contributed by atoms with van der Waals surface area (Å²) in [4.78, 5) is 16.6. The highest BCUT2D eigenvalue weighted by Crippen LogP contribution is 2.17. The number of carbonyl (C=O) groups excluding carboxylic acids is 1. The lowest BCUT2D eigenvalue weighted by molar-refractivity contribution is -0.114. The van der Waals surface area contributed by atoms with Crippen LogP contribution in [0.4, 0.5) is 5.69 Å². The SMILES string of the molecule is CN=C(NCCOc1cccc(NC(C)=O)c1)NCc1sccc1C.I. The number of halogens is 1. The zero-order chi connectivity index (χ0) is 18.1. The van der Waals surface area contributed by atoms with E-state index >= 15 is 0 Å². The smallest absolute Gasteiger partial charge is 0.221 e. The number of nitrogens with one attached hydrogen (secondary N) is 3. The van der Waals surface area contributed by atoms with Crippen molar-refractivity contribution < 1.29 is 9.53 Å². The van der Waals surface area contributed by atoms with Gasteiger partial charge in [-0.05, 0) is 36.1 Å². The molecule has 0 aliphatic heterocycles. The molecule has 0 fully saturated rings. The van der Waals surface area contributed by atoms with Crippen LogP contribution in [0.15, 0.2) is 40.7 Å². The summed E-state index contributed by atoms with van der Waals surface area (Å²) >= 11 is 1.73. The van der Waals surface area contributed by atoms with Crippen LogP contribution >= 0.6 is 35.3 Å². The number of aliphatic imine (C=N–C) groups is 1. The van der Waals surface area contributed by atoms with Crippen molar-refractivity contribution in [2.75, 3.05) is 25.5 Å². The summed E-state index contributed by atoms with van der Waals surface area (Å²) in [5.41, 5.74) is 2.01. The van der Waals surface area contributed by atoms with Crippen LogP contribution in [0.1, 0.15) is 17.4 Å². The average molecular weight is 488 g/mol. The Kier molecular flexibility index (Phi) is 10.0. The molecule has 1 amide bonds. The molecule has 0 spiro atoms. The highest BCUT2D eigenvalue weighted by molar-refractivity contribution is 14.0. The number of ether oxygens (including phenoxy) is 1. The topological polar surface area (TPSA) is 74.8 Å². The third kappa shape index (κ3) is 7.61. The summed E-state index contributed by atoms with van der Waals surface area (Å²) in [7, 11) is 1.74. The van der Waals surface area contributed by atoms with Gasteiger partial charge in [0.1, 0.15) is 12.4 Å². The summed E-state index contributed by atoms with van der Waals surface area (Å²) in [6, 6.07) is 9.44. The van der Waals surface area contributed by atoms with Gasteiger partial charge >= 0.3 is 0 Å². The van der Waals surface area contributed by atoms with Gasteiger partial charge in [0.15, 0.2) is 5.96 Å². The molecule has 1 aromatic carbocycles. The number of amides is 1. The molecule has 2 aromatic rings. The van der Waals surface area contributed by atoms with Gasteiger partial charge in [0.2, 0.25) is 5.91 Å². The van der Waals surface area contributed by atoms with Crippen LogP contribution in [0.2, 0.25) is 0 Å². The van der Waals surface area contributed by atoms with Crippen LogP contribution in [-0.2, 0) is 11.3 Å². The van der Waals surface area contributed by atoms with E-state index in [1.165, 1.54) is 17.4 Å². The summed E-state index contributed by atoms with van der Waals surface area (Å²) in [5, 5.41) is 11.3. The van der Waals surface area contributed by atoms with Crippen molar-refractivity contribution in [2.24, 2.45) is 4.99 Å². The molecule has 2 rings (SSSR count). The summed E-state index contributed by atoms with van der Waals surface area (Å²) < 4.78 is 5.70. The first-order valence-electron chi connectivity index (χ1n) is 8.06. The average Bonchev–Trinajstić information content (AvgIpc) is 2.99. The van der Waals surface area contributed by atoms with Crippen molar-refractivity contribution in [3.05, 3.63) is 46.2 Å². The Morgan fingerprint density at radius 3 is 2.73 bits per heavy atom. The first-order valence-corrected chi connectivity index (χ1v) is 8.94. The second-order valence-electron chi connectivity index (χ2n) is 5.44. The van der Waals surface area contributed by atoms with E-state index in [1.54, 1.807) is 24.5 Å². The van der Waals surface area contributed by atoms with E-state index in [-0.39, 0.29) is 29.9 Å². The number of thiophene rings is 1. The zero-order valence-corrected chi connectivity index (χ0v) is 18.3. The summed E-state index contributed by atoms with van der Waals surface area (Å²) in [5.74, 6) is 1.35. The van der Waals surface area contributed by atoms with Crippen molar-refractivity contribution in [2.45, 2.75) is 20.4 Å². The molecule has 8 heteroatoms. The second kappa shape index (κ2) is 11.7. The highest BCUT2D eigenvalue weighted by atomic mass is 127. The third-order valence-corrected chi connectivity index (χ3v) is 4.45. The number of benzene rings is 1. The molecule has 0 unspecified atom stereocenters. The predicted molar refractivity (Wildman–Crippen MR) is 119 cm³/mol. The van der Waals surface area contributed by atoms with Crippen molar-refractivity contribution in [1.29, 1.82) is 0 Å². The molecule has 142 valence electrons. The Morgan fingerprint density at radius 1 is 1.27 bits per heavy atom. The molecule has 0 saturated heterocycles. The number of nitrogens with zero attached hydrogens (tertiary/aromatic N) is 1. The van der Waals surface area contributed by atoms with Crippen LogP contribution < -0.4 is 20.7 Å². The molecule has 1 heterocycles. The van der Waals surface area contributed by atoms with E-state index in [2.05, 4.69) is 39.3 Å². The van der Waals surface area contributed by atoms with Crippen LogP contribution in [0.5, 0.6) is 5.75 Å². The Balaban J connectivity index is 0.00000338. The first kappa shape index (κ1) is 22.2. The molecule has 0 bridgehead atoms. The fourth-order valence-corrected chi connectivity index (χ4v) is 3.02. The minimum Gasteiger partial charge on any atom is -0.492 e. The Labute approximate surface area is 175 Å². The molecular weight excluding hydrogens is 463 g/mol. The highest BCUT2D eigenvalue weighted by Gasteiger charge is 2.03. The molecule has 0 atom stereocenters. The number of hydrogen-bond donors (Lipinski definition) is 3. The molecule has 3 N–H and O–H groups in total. The maximum Gasteiger partial charge on any atom is 0.221 e. The van der Waals surface area contributed by atoms with Gasteiger partial charge in [-0.3, -0.25) is 9.79 Å². The molecule has 0 saturated carbocycles. The molecule has 26 heavy (non-hydrogen) atoms. The van der Waals surface area contributed by atoms with Gasteiger partial charge in [0.25, 0.3) is 0 Å². The molecule has 0 aliphatic rings. The molecule has 6 nitrogen and oxygen atoms in total. The zero-order valence-electron chi connectivity index (χ0n) is 15.2. The monoisotopic (exact) mass is 488 g/mol. The third-order valence-electron chi connectivity index (χ3n) is 3.43. The minimum absolute atomic E-state index is 0. The number of aryl methyl sites for hydroxylation is 1. The van der Waals surface area contributed by atoms with E-state index in [0.29, 0.717) is 18.9 Å². The summed E-state index contributed by atoms with van der Waals surface area (Å²) in [6.45, 7) is 5.44. The van der Waals surface area contributed by atoms with E-state index in [4.69, 9.17) is 4.74 Å². The van der Waals surface area contributed by atoms with Gasteiger partial charge in [-0.15, -0.1) is 35.3 Å². The number of rotatable bonds is 7. The molecule has 1 aromatic heterocycles. The predicted octanol–water partition coefficient (Wildman–Crippen LogP) is 3.38. The van der Waals surface area contributed by atoms with E-state index in [1.807, 2.05) is 18.2 Å². The fourth-order valence-electron chi connectivity index (χ4n) is 2.18. The maximum atomic E-state index is 11.1. The largest absolute Gasteiger partial charge is 0.492 e. The second-order valence-corrected chi connectivity index (χ2v) is 6.44. The molecule has 0 aliphatic carbocycles. The van der Waals surface area contributed by atoms with Gasteiger partial charge in [0.05, 0.1) is 13.1 Å². The maximum absolute atomic E-state index is 11.1. The van der Waals surface area contributed by atoms with Crippen molar-refractivity contribution in [1.82, 2.24) is 10.6 Å². The van der Waals surface area contributed by atoms with Crippen LogP contribution in [-0.4, -0.2) is 32.1 Å². The Hall–Kier alpha value is -1.81. The number of guanidine groups is 1. The van der Waals surface area contributed by atoms with Crippen molar-refractivity contribution in [3.8, 4) is 5.75 Å². The Bertz CT molecular complexity index is 733.